The predicted molar refractivity (Wildman–Crippen MR) is 65.0 cm³/mol. The molecule has 0 aromatic heterocycles. The van der Waals surface area contributed by atoms with E-state index in [0.717, 1.165) is 30.3 Å². The van der Waals surface area contributed by atoms with E-state index in [1.807, 2.05) is 0 Å². The summed E-state index contributed by atoms with van der Waals surface area (Å²) in [6.07, 6.45) is 4.59. The second-order valence-electron chi connectivity index (χ2n) is 7.10. The number of rotatable bonds is 0. The summed E-state index contributed by atoms with van der Waals surface area (Å²) in [4.78, 5) is 12.2. The van der Waals surface area contributed by atoms with Crippen LogP contribution < -0.4 is 0 Å². The van der Waals surface area contributed by atoms with Crippen LogP contribution in [0.2, 0.25) is 0 Å². The van der Waals surface area contributed by atoms with Gasteiger partial charge in [-0.1, -0.05) is 19.4 Å². The number of Topliss-reactive ketones (excluding diaryl/α,β-unsaturated/α-hetero) is 1. The van der Waals surface area contributed by atoms with E-state index in [9.17, 15) is 4.79 Å². The van der Waals surface area contributed by atoms with Crippen molar-refractivity contribution in [3.63, 3.8) is 0 Å². The van der Waals surface area contributed by atoms with Crippen molar-refractivity contribution in [3.8, 4) is 0 Å². The average molecular weight is 218 g/mol. The molecule has 0 aromatic carbocycles. The normalized spacial score (nSPS) is 50.0. The number of ketones is 1. The van der Waals surface area contributed by atoms with Crippen LogP contribution in [0.25, 0.3) is 0 Å². The van der Waals surface area contributed by atoms with E-state index in [0.29, 0.717) is 16.6 Å². The summed E-state index contributed by atoms with van der Waals surface area (Å²) in [6, 6.07) is 0. The molecule has 1 nitrogen and oxygen atoms in total. The van der Waals surface area contributed by atoms with Crippen molar-refractivity contribution in [1.82, 2.24) is 0 Å². The molecule has 3 aliphatic carbocycles. The van der Waals surface area contributed by atoms with Crippen molar-refractivity contribution in [2.45, 2.75) is 53.4 Å². The molecule has 0 aromatic rings. The Morgan fingerprint density at radius 1 is 1.25 bits per heavy atom. The van der Waals surface area contributed by atoms with Gasteiger partial charge < -0.3 is 0 Å². The minimum Gasteiger partial charge on any atom is -0.295 e. The van der Waals surface area contributed by atoms with Crippen molar-refractivity contribution in [1.29, 1.82) is 0 Å². The van der Waals surface area contributed by atoms with E-state index in [-0.39, 0.29) is 0 Å². The molecule has 4 atom stereocenters. The number of carbonyl (C=O) groups is 1. The van der Waals surface area contributed by atoms with Crippen LogP contribution >= 0.6 is 0 Å². The third kappa shape index (κ3) is 1.15. The highest BCUT2D eigenvalue weighted by Gasteiger charge is 2.68. The van der Waals surface area contributed by atoms with Gasteiger partial charge in [0.05, 0.1) is 0 Å². The summed E-state index contributed by atoms with van der Waals surface area (Å²) in [6.45, 7) is 9.00. The van der Waals surface area contributed by atoms with Gasteiger partial charge in [0.2, 0.25) is 0 Å². The van der Waals surface area contributed by atoms with Crippen molar-refractivity contribution in [2.75, 3.05) is 0 Å². The molecular formula is C15H22O. The highest BCUT2D eigenvalue weighted by atomic mass is 16.1. The predicted octanol–water partition coefficient (Wildman–Crippen LogP) is 3.74. The first-order chi connectivity index (χ1) is 7.37. The van der Waals surface area contributed by atoms with Gasteiger partial charge in [0.15, 0.2) is 5.78 Å². The van der Waals surface area contributed by atoms with Crippen LogP contribution in [-0.4, -0.2) is 5.78 Å². The number of hydrogen-bond acceptors (Lipinski definition) is 1. The maximum atomic E-state index is 12.2. The molecule has 88 valence electrons. The van der Waals surface area contributed by atoms with E-state index in [1.54, 1.807) is 0 Å². The number of carbonyl (C=O) groups excluding carboxylic acids is 1. The van der Waals surface area contributed by atoms with Crippen molar-refractivity contribution >= 4 is 5.78 Å². The van der Waals surface area contributed by atoms with Gasteiger partial charge in [0.25, 0.3) is 0 Å². The first-order valence-corrected chi connectivity index (χ1v) is 6.56. The van der Waals surface area contributed by atoms with E-state index in [4.69, 9.17) is 0 Å². The molecule has 3 aliphatic rings. The van der Waals surface area contributed by atoms with E-state index in [2.05, 4.69) is 27.7 Å². The molecule has 0 bridgehead atoms. The maximum Gasteiger partial charge on any atom is 0.159 e. The quantitative estimate of drug-likeness (QED) is 0.566. The van der Waals surface area contributed by atoms with Gasteiger partial charge in [-0.3, -0.25) is 4.79 Å². The number of allylic oxidation sites excluding steroid dienone is 2. The third-order valence-electron chi connectivity index (χ3n) is 5.72. The third-order valence-corrected chi connectivity index (χ3v) is 5.72. The lowest BCUT2D eigenvalue weighted by Crippen LogP contribution is -2.37. The molecule has 0 aliphatic heterocycles. The standard InChI is InChI=1S/C15H22O/c1-9(2)11-5-13-14(3,8-12(11)16)6-10-7-15(10,13)4/h10,13H,5-8H2,1-4H3/t10-,13-,14-,15-/m1/s1. The molecule has 0 radical (unpaired) electrons. The van der Waals surface area contributed by atoms with Crippen molar-refractivity contribution < 1.29 is 4.79 Å². The van der Waals surface area contributed by atoms with Gasteiger partial charge in [0, 0.05) is 6.42 Å². The SMILES string of the molecule is CC(C)=C1C[C@@H]2[C@@](C)(CC1=O)C[C@@H]1C[C@]12C. The Bertz CT molecular complexity index is 402. The molecule has 3 fully saturated rings. The van der Waals surface area contributed by atoms with Gasteiger partial charge in [-0.15, -0.1) is 0 Å². The summed E-state index contributed by atoms with van der Waals surface area (Å²) in [5.41, 5.74) is 3.31. The zero-order valence-electron chi connectivity index (χ0n) is 10.9. The second kappa shape index (κ2) is 2.80. The molecule has 0 N–H and O–H groups in total. The molecule has 16 heavy (non-hydrogen) atoms. The Balaban J connectivity index is 1.98. The lowest BCUT2D eigenvalue weighted by atomic mass is 9.62. The van der Waals surface area contributed by atoms with Crippen molar-refractivity contribution in [3.05, 3.63) is 11.1 Å². The van der Waals surface area contributed by atoms with E-state index >= 15 is 0 Å². The summed E-state index contributed by atoms with van der Waals surface area (Å²) in [5.74, 6) is 2.13. The Labute approximate surface area is 98.3 Å². The zero-order chi connectivity index (χ0) is 11.7. The molecular weight excluding hydrogens is 196 g/mol. The van der Waals surface area contributed by atoms with Crippen LogP contribution in [0, 0.1) is 22.7 Å². The first-order valence-electron chi connectivity index (χ1n) is 6.56. The highest BCUT2D eigenvalue weighted by Crippen LogP contribution is 2.75. The molecule has 1 heteroatoms. The molecule has 0 unspecified atom stereocenters. The minimum atomic E-state index is 0.327. The topological polar surface area (TPSA) is 17.1 Å². The van der Waals surface area contributed by atoms with E-state index < -0.39 is 0 Å². The number of fused-ring (bicyclic) bond motifs is 3. The first kappa shape index (κ1) is 10.6. The minimum absolute atomic E-state index is 0.327. The van der Waals surface area contributed by atoms with Crippen LogP contribution in [0.5, 0.6) is 0 Å². The molecule has 0 amide bonds. The van der Waals surface area contributed by atoms with Crippen LogP contribution in [0.3, 0.4) is 0 Å². The molecule has 0 heterocycles. The molecule has 3 rings (SSSR count). The Morgan fingerprint density at radius 3 is 2.56 bits per heavy atom. The van der Waals surface area contributed by atoms with Crippen LogP contribution in [-0.2, 0) is 4.79 Å². The fraction of sp³-hybridized carbons (Fsp3) is 0.800. The summed E-state index contributed by atoms with van der Waals surface area (Å²) >= 11 is 0. The van der Waals surface area contributed by atoms with Gasteiger partial charge >= 0.3 is 0 Å². The largest absolute Gasteiger partial charge is 0.295 e. The lowest BCUT2D eigenvalue weighted by Gasteiger charge is -2.41. The summed E-state index contributed by atoms with van der Waals surface area (Å²) in [7, 11) is 0. The van der Waals surface area contributed by atoms with Crippen molar-refractivity contribution in [2.24, 2.45) is 22.7 Å². The fourth-order valence-corrected chi connectivity index (χ4v) is 4.65. The van der Waals surface area contributed by atoms with Gasteiger partial charge in [0.1, 0.15) is 0 Å². The lowest BCUT2D eigenvalue weighted by molar-refractivity contribution is -0.121. The second-order valence-corrected chi connectivity index (χ2v) is 7.10. The maximum absolute atomic E-state index is 12.2. The van der Waals surface area contributed by atoms with E-state index in [1.165, 1.54) is 18.4 Å². The zero-order valence-corrected chi connectivity index (χ0v) is 10.9. The Kier molecular flexibility index (Phi) is 1.85. The van der Waals surface area contributed by atoms with Gasteiger partial charge in [-0.25, -0.2) is 0 Å². The Morgan fingerprint density at radius 2 is 1.94 bits per heavy atom. The Hall–Kier alpha value is -0.590. The van der Waals surface area contributed by atoms with Crippen LogP contribution in [0.15, 0.2) is 11.1 Å². The van der Waals surface area contributed by atoms with Gasteiger partial charge in [-0.05, 0) is 61.3 Å². The molecule has 3 saturated carbocycles. The summed E-state index contributed by atoms with van der Waals surface area (Å²) in [5, 5.41) is 0. The van der Waals surface area contributed by atoms with Crippen LogP contribution in [0.4, 0.5) is 0 Å². The molecule has 0 saturated heterocycles. The van der Waals surface area contributed by atoms with Gasteiger partial charge in [-0.2, -0.15) is 0 Å². The average Bonchev–Trinajstić information content (AvgIpc) is 2.69. The monoisotopic (exact) mass is 218 g/mol. The summed E-state index contributed by atoms with van der Waals surface area (Å²) < 4.78 is 0. The highest BCUT2D eigenvalue weighted by molar-refractivity contribution is 5.97. The smallest absolute Gasteiger partial charge is 0.159 e. The fourth-order valence-electron chi connectivity index (χ4n) is 4.65. The van der Waals surface area contributed by atoms with Crippen LogP contribution in [0.1, 0.15) is 53.4 Å². The number of hydrogen-bond donors (Lipinski definition) is 0. The molecule has 0 spiro atoms.